The number of benzene rings is 1. The lowest BCUT2D eigenvalue weighted by molar-refractivity contribution is 0.414. The molecule has 0 aliphatic heterocycles. The van der Waals surface area contributed by atoms with E-state index in [0.717, 1.165) is 12.3 Å². The number of anilines is 1. The highest BCUT2D eigenvalue weighted by molar-refractivity contribution is 5.49. The van der Waals surface area contributed by atoms with Crippen molar-refractivity contribution in [3.05, 3.63) is 24.3 Å². The first-order valence-electron chi connectivity index (χ1n) is 6.81. The van der Waals surface area contributed by atoms with Gasteiger partial charge in [0.2, 0.25) is 0 Å². The third kappa shape index (κ3) is 3.16. The molecule has 1 aliphatic rings. The molecule has 0 saturated heterocycles. The summed E-state index contributed by atoms with van der Waals surface area (Å²) in [5.41, 5.74) is 7.32. The quantitative estimate of drug-likeness (QED) is 0.870. The summed E-state index contributed by atoms with van der Waals surface area (Å²) in [5.74, 6) is 1.62. The van der Waals surface area contributed by atoms with Crippen LogP contribution in [0.25, 0.3) is 0 Å². The van der Waals surface area contributed by atoms with Gasteiger partial charge in [-0.1, -0.05) is 12.5 Å². The van der Waals surface area contributed by atoms with Crippen LogP contribution in [0.4, 0.5) is 5.69 Å². The van der Waals surface area contributed by atoms with Crippen molar-refractivity contribution in [1.29, 1.82) is 0 Å². The minimum atomic E-state index is 0.420. The highest BCUT2D eigenvalue weighted by Gasteiger charge is 2.23. The predicted octanol–water partition coefficient (Wildman–Crippen LogP) is 2.65. The molecule has 1 fully saturated rings. The van der Waals surface area contributed by atoms with Crippen LogP contribution in [0, 0.1) is 5.92 Å². The standard InChI is InChI=1S/C15H24N2O/c1-17(10-9-12-5-3-8-15(12)16)13-6-4-7-14(11-13)18-2/h4,6-7,11-12,15H,3,5,8-10,16H2,1-2H3. The number of nitrogens with zero attached hydrogens (tertiary/aromatic N) is 1. The number of methoxy groups -OCH3 is 1. The van der Waals surface area contributed by atoms with Crippen LogP contribution in [0.5, 0.6) is 5.75 Å². The smallest absolute Gasteiger partial charge is 0.120 e. The van der Waals surface area contributed by atoms with Crippen LogP contribution in [-0.2, 0) is 0 Å². The Balaban J connectivity index is 1.88. The van der Waals surface area contributed by atoms with Crippen molar-refractivity contribution < 1.29 is 4.74 Å². The molecule has 0 spiro atoms. The second-order valence-corrected chi connectivity index (χ2v) is 5.27. The zero-order valence-corrected chi connectivity index (χ0v) is 11.4. The number of nitrogens with two attached hydrogens (primary N) is 1. The molecule has 0 bridgehead atoms. The Morgan fingerprint density at radius 3 is 2.89 bits per heavy atom. The van der Waals surface area contributed by atoms with Gasteiger partial charge in [0.1, 0.15) is 5.75 Å². The molecule has 18 heavy (non-hydrogen) atoms. The summed E-state index contributed by atoms with van der Waals surface area (Å²) in [5, 5.41) is 0. The van der Waals surface area contributed by atoms with Gasteiger partial charge in [0, 0.05) is 31.4 Å². The first-order chi connectivity index (χ1) is 8.70. The average Bonchev–Trinajstić information content (AvgIpc) is 2.81. The molecule has 2 rings (SSSR count). The number of rotatable bonds is 5. The van der Waals surface area contributed by atoms with Crippen molar-refractivity contribution >= 4 is 5.69 Å². The number of hydrogen-bond acceptors (Lipinski definition) is 3. The Kier molecular flexibility index (Phi) is 4.48. The lowest BCUT2D eigenvalue weighted by atomic mass is 10.00. The lowest BCUT2D eigenvalue weighted by Crippen LogP contribution is -2.28. The van der Waals surface area contributed by atoms with Gasteiger partial charge in [-0.3, -0.25) is 0 Å². The number of ether oxygens (including phenoxy) is 1. The molecule has 0 amide bonds. The Bertz CT molecular complexity index is 381. The second kappa shape index (κ2) is 6.10. The van der Waals surface area contributed by atoms with E-state index in [1.54, 1.807) is 7.11 Å². The van der Waals surface area contributed by atoms with Crippen molar-refractivity contribution in [2.45, 2.75) is 31.7 Å². The van der Waals surface area contributed by atoms with Crippen LogP contribution >= 0.6 is 0 Å². The topological polar surface area (TPSA) is 38.5 Å². The van der Waals surface area contributed by atoms with E-state index in [1.165, 1.54) is 31.4 Å². The summed E-state index contributed by atoms with van der Waals surface area (Å²) < 4.78 is 5.25. The first-order valence-corrected chi connectivity index (χ1v) is 6.81. The highest BCUT2D eigenvalue weighted by atomic mass is 16.5. The van der Waals surface area contributed by atoms with Gasteiger partial charge in [-0.05, 0) is 37.3 Å². The summed E-state index contributed by atoms with van der Waals surface area (Å²) >= 11 is 0. The van der Waals surface area contributed by atoms with Crippen LogP contribution < -0.4 is 15.4 Å². The Morgan fingerprint density at radius 1 is 1.39 bits per heavy atom. The molecule has 3 nitrogen and oxygen atoms in total. The van der Waals surface area contributed by atoms with E-state index in [2.05, 4.69) is 24.1 Å². The molecule has 100 valence electrons. The summed E-state index contributed by atoms with van der Waals surface area (Å²) in [7, 11) is 3.84. The van der Waals surface area contributed by atoms with Crippen molar-refractivity contribution in [1.82, 2.24) is 0 Å². The molecule has 1 aromatic carbocycles. The van der Waals surface area contributed by atoms with Crippen LogP contribution in [-0.4, -0.2) is 26.7 Å². The molecule has 0 radical (unpaired) electrons. The fourth-order valence-electron chi connectivity index (χ4n) is 2.76. The Hall–Kier alpha value is -1.22. The van der Waals surface area contributed by atoms with E-state index in [0.29, 0.717) is 12.0 Å². The van der Waals surface area contributed by atoms with Crippen molar-refractivity contribution in [2.75, 3.05) is 25.6 Å². The van der Waals surface area contributed by atoms with E-state index in [4.69, 9.17) is 10.5 Å². The van der Waals surface area contributed by atoms with E-state index in [-0.39, 0.29) is 0 Å². The third-order valence-electron chi connectivity index (χ3n) is 4.05. The van der Waals surface area contributed by atoms with Gasteiger partial charge in [-0.15, -0.1) is 0 Å². The first kappa shape index (κ1) is 13.2. The zero-order chi connectivity index (χ0) is 13.0. The molecule has 3 heteroatoms. The molecule has 1 aliphatic carbocycles. The molecule has 0 aromatic heterocycles. The minimum absolute atomic E-state index is 0.420. The van der Waals surface area contributed by atoms with Gasteiger partial charge in [0.05, 0.1) is 7.11 Å². The zero-order valence-electron chi connectivity index (χ0n) is 11.4. The van der Waals surface area contributed by atoms with E-state index in [9.17, 15) is 0 Å². The van der Waals surface area contributed by atoms with Gasteiger partial charge < -0.3 is 15.4 Å². The third-order valence-corrected chi connectivity index (χ3v) is 4.05. The summed E-state index contributed by atoms with van der Waals surface area (Å²) in [6.07, 6.45) is 4.99. The predicted molar refractivity (Wildman–Crippen MR) is 76.2 cm³/mol. The Labute approximate surface area is 110 Å². The Morgan fingerprint density at radius 2 is 2.22 bits per heavy atom. The largest absolute Gasteiger partial charge is 0.497 e. The normalized spacial score (nSPS) is 23.1. The summed E-state index contributed by atoms with van der Waals surface area (Å²) in [6, 6.07) is 8.63. The average molecular weight is 248 g/mol. The minimum Gasteiger partial charge on any atom is -0.497 e. The lowest BCUT2D eigenvalue weighted by Gasteiger charge is -2.23. The van der Waals surface area contributed by atoms with Gasteiger partial charge in [-0.25, -0.2) is 0 Å². The van der Waals surface area contributed by atoms with E-state index < -0.39 is 0 Å². The maximum atomic E-state index is 6.11. The van der Waals surface area contributed by atoms with E-state index in [1.807, 2.05) is 12.1 Å². The monoisotopic (exact) mass is 248 g/mol. The molecule has 2 N–H and O–H groups in total. The second-order valence-electron chi connectivity index (χ2n) is 5.27. The van der Waals surface area contributed by atoms with Gasteiger partial charge in [0.25, 0.3) is 0 Å². The van der Waals surface area contributed by atoms with Gasteiger partial charge >= 0.3 is 0 Å². The molecular weight excluding hydrogens is 224 g/mol. The fraction of sp³-hybridized carbons (Fsp3) is 0.600. The fourth-order valence-corrected chi connectivity index (χ4v) is 2.76. The van der Waals surface area contributed by atoms with E-state index >= 15 is 0 Å². The maximum absolute atomic E-state index is 6.11. The molecule has 2 atom stereocenters. The van der Waals surface area contributed by atoms with Crippen LogP contribution in [0.1, 0.15) is 25.7 Å². The summed E-state index contributed by atoms with van der Waals surface area (Å²) in [6.45, 7) is 1.06. The van der Waals surface area contributed by atoms with Crippen LogP contribution in [0.15, 0.2) is 24.3 Å². The molecule has 0 heterocycles. The van der Waals surface area contributed by atoms with Crippen molar-refractivity contribution in [2.24, 2.45) is 11.7 Å². The maximum Gasteiger partial charge on any atom is 0.120 e. The molecule has 1 aromatic rings. The number of hydrogen-bond donors (Lipinski definition) is 1. The van der Waals surface area contributed by atoms with Crippen LogP contribution in [0.2, 0.25) is 0 Å². The molecule has 2 unspecified atom stereocenters. The molecular formula is C15H24N2O. The van der Waals surface area contributed by atoms with Gasteiger partial charge in [0.15, 0.2) is 0 Å². The highest BCUT2D eigenvalue weighted by Crippen LogP contribution is 2.28. The van der Waals surface area contributed by atoms with Crippen LogP contribution in [0.3, 0.4) is 0 Å². The molecule has 1 saturated carbocycles. The SMILES string of the molecule is COc1cccc(N(C)CCC2CCCC2N)c1. The summed E-state index contributed by atoms with van der Waals surface area (Å²) in [4.78, 5) is 2.29. The van der Waals surface area contributed by atoms with Gasteiger partial charge in [-0.2, -0.15) is 0 Å². The van der Waals surface area contributed by atoms with Crippen molar-refractivity contribution in [3.8, 4) is 5.75 Å². The van der Waals surface area contributed by atoms with Crippen molar-refractivity contribution in [3.63, 3.8) is 0 Å².